The Bertz CT molecular complexity index is 419. The van der Waals surface area contributed by atoms with Crippen LogP contribution < -0.4 is 10.5 Å². The molecule has 0 saturated carbocycles. The molecular weight excluding hydrogens is 236 g/mol. The van der Waals surface area contributed by atoms with E-state index in [0.29, 0.717) is 12.1 Å². The Balaban J connectivity index is 2.12. The molecule has 1 fully saturated rings. The van der Waals surface area contributed by atoms with Gasteiger partial charge < -0.3 is 10.5 Å². The quantitative estimate of drug-likeness (QED) is 0.906. The summed E-state index contributed by atoms with van der Waals surface area (Å²) in [5, 5.41) is 0. The third-order valence-electron chi connectivity index (χ3n) is 4.29. The van der Waals surface area contributed by atoms with Gasteiger partial charge in [0.25, 0.3) is 0 Å². The number of rotatable bonds is 4. The molecule has 3 nitrogen and oxygen atoms in total. The average Bonchev–Trinajstić information content (AvgIpc) is 2.41. The number of benzene rings is 1. The zero-order valence-electron chi connectivity index (χ0n) is 12.4. The van der Waals surface area contributed by atoms with E-state index in [9.17, 15) is 0 Å². The molecule has 1 saturated heterocycles. The molecule has 19 heavy (non-hydrogen) atoms. The molecule has 0 spiro atoms. The van der Waals surface area contributed by atoms with Crippen molar-refractivity contribution >= 4 is 0 Å². The molecule has 1 heterocycles. The van der Waals surface area contributed by atoms with E-state index in [1.165, 1.54) is 30.4 Å². The molecule has 2 atom stereocenters. The van der Waals surface area contributed by atoms with Crippen LogP contribution in [0.4, 0.5) is 0 Å². The van der Waals surface area contributed by atoms with Gasteiger partial charge in [0.15, 0.2) is 0 Å². The third-order valence-corrected chi connectivity index (χ3v) is 4.29. The molecule has 106 valence electrons. The van der Waals surface area contributed by atoms with Gasteiger partial charge in [0, 0.05) is 25.2 Å². The Morgan fingerprint density at radius 3 is 2.79 bits per heavy atom. The van der Waals surface area contributed by atoms with E-state index in [2.05, 4.69) is 36.9 Å². The van der Waals surface area contributed by atoms with Crippen LogP contribution in [0, 0.1) is 6.92 Å². The Labute approximate surface area is 116 Å². The minimum absolute atomic E-state index is 0.533. The zero-order valence-corrected chi connectivity index (χ0v) is 12.4. The van der Waals surface area contributed by atoms with Gasteiger partial charge in [-0.2, -0.15) is 0 Å². The molecule has 1 aromatic carbocycles. The lowest BCUT2D eigenvalue weighted by Crippen LogP contribution is -2.48. The van der Waals surface area contributed by atoms with Gasteiger partial charge in [0.1, 0.15) is 5.75 Å². The zero-order chi connectivity index (χ0) is 13.8. The van der Waals surface area contributed by atoms with Crippen LogP contribution in [0.15, 0.2) is 18.2 Å². The lowest BCUT2D eigenvalue weighted by Gasteiger charge is -2.40. The van der Waals surface area contributed by atoms with Gasteiger partial charge in [-0.25, -0.2) is 0 Å². The van der Waals surface area contributed by atoms with Gasteiger partial charge in [-0.15, -0.1) is 0 Å². The minimum atomic E-state index is 0.533. The van der Waals surface area contributed by atoms with Crippen LogP contribution in [0.5, 0.6) is 5.75 Å². The Morgan fingerprint density at radius 1 is 1.37 bits per heavy atom. The topological polar surface area (TPSA) is 38.5 Å². The molecule has 2 unspecified atom stereocenters. The number of aryl methyl sites for hydroxylation is 1. The summed E-state index contributed by atoms with van der Waals surface area (Å²) in [7, 11) is 1.72. The van der Waals surface area contributed by atoms with Crippen LogP contribution in [0.25, 0.3) is 0 Å². The highest BCUT2D eigenvalue weighted by Crippen LogP contribution is 2.26. The van der Waals surface area contributed by atoms with Crippen molar-refractivity contribution in [1.82, 2.24) is 4.90 Å². The fourth-order valence-electron chi connectivity index (χ4n) is 3.13. The Hall–Kier alpha value is -1.06. The highest BCUT2D eigenvalue weighted by atomic mass is 16.5. The predicted octanol–water partition coefficient (Wildman–Crippen LogP) is 2.71. The minimum Gasteiger partial charge on any atom is -0.496 e. The first-order valence-electron chi connectivity index (χ1n) is 7.25. The number of nitrogens with zero attached hydrogens (tertiary/aromatic N) is 1. The molecule has 0 bridgehead atoms. The Morgan fingerprint density at radius 2 is 2.16 bits per heavy atom. The molecule has 2 N–H and O–H groups in total. The van der Waals surface area contributed by atoms with Crippen molar-refractivity contribution in [3.8, 4) is 5.75 Å². The standard InChI is InChI=1S/C16H26N2O/c1-12-9-14(7-8-16(12)19-3)11-18-13(2)5-4-6-15(18)10-17/h7-9,13,15H,4-6,10-11,17H2,1-3H3. The Kier molecular flexibility index (Phi) is 4.83. The number of hydrogen-bond donors (Lipinski definition) is 1. The fraction of sp³-hybridized carbons (Fsp3) is 0.625. The lowest BCUT2D eigenvalue weighted by molar-refractivity contribution is 0.0892. The maximum Gasteiger partial charge on any atom is 0.121 e. The second-order valence-corrected chi connectivity index (χ2v) is 5.65. The van der Waals surface area contributed by atoms with Crippen molar-refractivity contribution in [2.45, 2.75) is 51.7 Å². The van der Waals surface area contributed by atoms with Crippen molar-refractivity contribution in [3.63, 3.8) is 0 Å². The van der Waals surface area contributed by atoms with E-state index in [0.717, 1.165) is 18.8 Å². The van der Waals surface area contributed by atoms with Crippen LogP contribution in [0.2, 0.25) is 0 Å². The molecule has 3 heteroatoms. The average molecular weight is 262 g/mol. The van der Waals surface area contributed by atoms with Crippen LogP contribution in [0.1, 0.15) is 37.3 Å². The molecule has 1 aliphatic heterocycles. The van der Waals surface area contributed by atoms with Crippen LogP contribution in [-0.4, -0.2) is 30.6 Å². The van der Waals surface area contributed by atoms with Crippen LogP contribution in [0.3, 0.4) is 0 Å². The summed E-state index contributed by atoms with van der Waals surface area (Å²) in [6, 6.07) is 7.63. The third kappa shape index (κ3) is 3.28. The van der Waals surface area contributed by atoms with Gasteiger partial charge >= 0.3 is 0 Å². The van der Waals surface area contributed by atoms with Crippen molar-refractivity contribution < 1.29 is 4.74 Å². The summed E-state index contributed by atoms with van der Waals surface area (Å²) >= 11 is 0. The van der Waals surface area contributed by atoms with Gasteiger partial charge in [0.2, 0.25) is 0 Å². The van der Waals surface area contributed by atoms with E-state index >= 15 is 0 Å². The van der Waals surface area contributed by atoms with Crippen molar-refractivity contribution in [3.05, 3.63) is 29.3 Å². The maximum atomic E-state index is 5.92. The van der Waals surface area contributed by atoms with Crippen LogP contribution in [-0.2, 0) is 6.54 Å². The lowest BCUT2D eigenvalue weighted by atomic mass is 9.95. The van der Waals surface area contributed by atoms with E-state index in [-0.39, 0.29) is 0 Å². The van der Waals surface area contributed by atoms with Gasteiger partial charge in [-0.3, -0.25) is 4.90 Å². The van der Waals surface area contributed by atoms with E-state index in [1.807, 2.05) is 0 Å². The van der Waals surface area contributed by atoms with E-state index in [1.54, 1.807) is 7.11 Å². The summed E-state index contributed by atoms with van der Waals surface area (Å²) < 4.78 is 5.32. The fourth-order valence-corrected chi connectivity index (χ4v) is 3.13. The summed E-state index contributed by atoms with van der Waals surface area (Å²) in [5.74, 6) is 0.964. The highest BCUT2D eigenvalue weighted by molar-refractivity contribution is 5.36. The molecule has 0 aliphatic carbocycles. The molecule has 0 aromatic heterocycles. The molecule has 1 aliphatic rings. The number of hydrogen-bond acceptors (Lipinski definition) is 3. The summed E-state index contributed by atoms with van der Waals surface area (Å²) in [5.41, 5.74) is 8.48. The van der Waals surface area contributed by atoms with Gasteiger partial charge in [-0.05, 0) is 43.9 Å². The number of nitrogens with two attached hydrogens (primary N) is 1. The largest absolute Gasteiger partial charge is 0.496 e. The second-order valence-electron chi connectivity index (χ2n) is 5.65. The number of piperidine rings is 1. The van der Waals surface area contributed by atoms with E-state index < -0.39 is 0 Å². The van der Waals surface area contributed by atoms with Gasteiger partial charge in [0.05, 0.1) is 7.11 Å². The summed E-state index contributed by atoms with van der Waals surface area (Å²) in [4.78, 5) is 2.56. The molecular formula is C16H26N2O. The van der Waals surface area contributed by atoms with Crippen LogP contribution >= 0.6 is 0 Å². The molecule has 1 aromatic rings. The first-order valence-corrected chi connectivity index (χ1v) is 7.25. The summed E-state index contributed by atoms with van der Waals surface area (Å²) in [6.07, 6.45) is 3.82. The molecule has 0 amide bonds. The molecule has 2 rings (SSSR count). The number of likely N-dealkylation sites (tertiary alicyclic amines) is 1. The van der Waals surface area contributed by atoms with Crippen molar-refractivity contribution in [2.75, 3.05) is 13.7 Å². The second kappa shape index (κ2) is 6.40. The van der Waals surface area contributed by atoms with Crippen molar-refractivity contribution in [1.29, 1.82) is 0 Å². The van der Waals surface area contributed by atoms with E-state index in [4.69, 9.17) is 10.5 Å². The number of ether oxygens (including phenoxy) is 1. The normalized spacial score (nSPS) is 24.4. The van der Waals surface area contributed by atoms with Crippen molar-refractivity contribution in [2.24, 2.45) is 5.73 Å². The summed E-state index contributed by atoms with van der Waals surface area (Å²) in [6.45, 7) is 6.17. The monoisotopic (exact) mass is 262 g/mol. The molecule has 0 radical (unpaired) electrons. The highest BCUT2D eigenvalue weighted by Gasteiger charge is 2.26. The SMILES string of the molecule is COc1ccc(CN2C(C)CCCC2CN)cc1C. The smallest absolute Gasteiger partial charge is 0.121 e. The first-order chi connectivity index (χ1) is 9.15. The van der Waals surface area contributed by atoms with Gasteiger partial charge in [-0.1, -0.05) is 18.6 Å². The number of methoxy groups -OCH3 is 1. The first kappa shape index (κ1) is 14.4. The maximum absolute atomic E-state index is 5.92. The predicted molar refractivity (Wildman–Crippen MR) is 79.4 cm³/mol.